The van der Waals surface area contributed by atoms with E-state index in [2.05, 4.69) is 10.6 Å². The molecule has 1 aromatic rings. The Morgan fingerprint density at radius 1 is 1.29 bits per heavy atom. The van der Waals surface area contributed by atoms with Crippen LogP contribution >= 0.6 is 0 Å². The number of likely N-dealkylation sites (tertiary alicyclic amines) is 1. The number of urea groups is 1. The van der Waals surface area contributed by atoms with Gasteiger partial charge < -0.3 is 10.2 Å². The molecule has 8 heteroatoms. The number of benzene rings is 1. The third kappa shape index (κ3) is 2.16. The Hall–Kier alpha value is -2.51. The van der Waals surface area contributed by atoms with Gasteiger partial charge in [0.25, 0.3) is 5.91 Å². The van der Waals surface area contributed by atoms with Crippen molar-refractivity contribution < 1.29 is 23.2 Å². The van der Waals surface area contributed by atoms with Gasteiger partial charge in [-0.1, -0.05) is 12.1 Å². The molecule has 1 aliphatic carbocycles. The van der Waals surface area contributed by atoms with Gasteiger partial charge in [-0.2, -0.15) is 0 Å². The molecule has 126 valence electrons. The molecule has 0 aromatic heterocycles. The second-order valence-corrected chi connectivity index (χ2v) is 6.59. The predicted molar refractivity (Wildman–Crippen MR) is 77.8 cm³/mol. The smallest absolute Gasteiger partial charge is 0.322 e. The molecule has 24 heavy (non-hydrogen) atoms. The van der Waals surface area contributed by atoms with Crippen molar-refractivity contribution in [1.82, 2.24) is 15.5 Å². The summed E-state index contributed by atoms with van der Waals surface area (Å²) in [5, 5.41) is 4.76. The van der Waals surface area contributed by atoms with Gasteiger partial charge in [-0.15, -0.1) is 0 Å². The molecular formula is C16H15F2N3O3. The minimum Gasteiger partial charge on any atom is -0.339 e. The topological polar surface area (TPSA) is 78.5 Å². The number of rotatable bonds is 2. The maximum Gasteiger partial charge on any atom is 0.322 e. The fourth-order valence-electron chi connectivity index (χ4n) is 3.67. The molecule has 1 spiro atoms. The van der Waals surface area contributed by atoms with Gasteiger partial charge in [0.05, 0.1) is 6.54 Å². The molecule has 0 radical (unpaired) electrons. The van der Waals surface area contributed by atoms with Crippen LogP contribution < -0.4 is 10.6 Å². The van der Waals surface area contributed by atoms with E-state index in [9.17, 15) is 23.2 Å². The van der Waals surface area contributed by atoms with E-state index < -0.39 is 35.0 Å². The molecule has 4 amide bonds. The van der Waals surface area contributed by atoms with Crippen molar-refractivity contribution in [3.8, 4) is 0 Å². The van der Waals surface area contributed by atoms with Crippen molar-refractivity contribution in [3.63, 3.8) is 0 Å². The number of imide groups is 1. The van der Waals surface area contributed by atoms with Crippen LogP contribution in [0.1, 0.15) is 24.3 Å². The number of hydrogen-bond acceptors (Lipinski definition) is 3. The molecule has 2 saturated heterocycles. The zero-order valence-corrected chi connectivity index (χ0v) is 12.6. The quantitative estimate of drug-likeness (QED) is 0.788. The standard InChI is InChI=1S/C16H15F2N3O3/c17-11-3-1-2-8(12(11)18)9-6-10(9)13(22)21-5-4-16(7-21)14(23)19-15(24)20-16/h1-3,9-10H,4-7H2,(H2,19,20,23,24)/t9-,10+,16-/m1/s1. The molecule has 2 heterocycles. The summed E-state index contributed by atoms with van der Waals surface area (Å²) in [5.74, 6) is -3.18. The second-order valence-electron chi connectivity index (χ2n) is 6.59. The molecule has 3 aliphatic rings. The van der Waals surface area contributed by atoms with Gasteiger partial charge in [-0.25, -0.2) is 13.6 Å². The number of carbonyl (C=O) groups excluding carboxylic acids is 3. The molecule has 0 unspecified atom stereocenters. The van der Waals surface area contributed by atoms with Crippen molar-refractivity contribution in [2.24, 2.45) is 5.92 Å². The summed E-state index contributed by atoms with van der Waals surface area (Å²) in [6, 6.07) is 3.41. The van der Waals surface area contributed by atoms with Gasteiger partial charge in [0, 0.05) is 12.5 Å². The van der Waals surface area contributed by atoms with Crippen LogP contribution in [0.4, 0.5) is 13.6 Å². The Bertz CT molecular complexity index is 769. The first-order valence-corrected chi connectivity index (χ1v) is 7.77. The first-order valence-electron chi connectivity index (χ1n) is 7.77. The monoisotopic (exact) mass is 335 g/mol. The summed E-state index contributed by atoms with van der Waals surface area (Å²) in [6.07, 6.45) is 0.809. The SMILES string of the molecule is O=C1NC(=O)[C@]2(CCN(C(=O)[C@H]3C[C@@H]3c3cccc(F)c3F)C2)N1. The van der Waals surface area contributed by atoms with Crippen LogP contribution in [0.15, 0.2) is 18.2 Å². The van der Waals surface area contributed by atoms with Crippen LogP contribution in [0.3, 0.4) is 0 Å². The van der Waals surface area contributed by atoms with E-state index in [1.54, 1.807) is 0 Å². The molecule has 3 atom stereocenters. The summed E-state index contributed by atoms with van der Waals surface area (Å²) in [5.41, 5.74) is -0.838. The number of amides is 4. The average Bonchev–Trinajstić information content (AvgIpc) is 3.13. The third-order valence-corrected chi connectivity index (χ3v) is 5.08. The van der Waals surface area contributed by atoms with Crippen molar-refractivity contribution in [3.05, 3.63) is 35.4 Å². The van der Waals surface area contributed by atoms with E-state index in [1.807, 2.05) is 0 Å². The summed E-state index contributed by atoms with van der Waals surface area (Å²) in [4.78, 5) is 37.3. The lowest BCUT2D eigenvalue weighted by atomic mass is 9.99. The molecular weight excluding hydrogens is 320 g/mol. The highest BCUT2D eigenvalue weighted by Gasteiger charge is 2.54. The van der Waals surface area contributed by atoms with Crippen LogP contribution in [0.5, 0.6) is 0 Å². The van der Waals surface area contributed by atoms with Crippen LogP contribution in [0, 0.1) is 17.6 Å². The maximum absolute atomic E-state index is 13.8. The van der Waals surface area contributed by atoms with E-state index >= 15 is 0 Å². The fourth-order valence-corrected chi connectivity index (χ4v) is 3.67. The Morgan fingerprint density at radius 3 is 2.79 bits per heavy atom. The van der Waals surface area contributed by atoms with Gasteiger partial charge in [0.1, 0.15) is 5.54 Å². The third-order valence-electron chi connectivity index (χ3n) is 5.08. The normalized spacial score (nSPS) is 31.3. The maximum atomic E-state index is 13.8. The molecule has 2 aliphatic heterocycles. The minimum absolute atomic E-state index is 0.109. The lowest BCUT2D eigenvalue weighted by molar-refractivity contribution is -0.132. The van der Waals surface area contributed by atoms with Crippen molar-refractivity contribution in [2.75, 3.05) is 13.1 Å². The summed E-state index contributed by atoms with van der Waals surface area (Å²) >= 11 is 0. The highest BCUT2D eigenvalue weighted by molar-refractivity contribution is 6.07. The molecule has 0 bridgehead atoms. The van der Waals surface area contributed by atoms with Crippen LogP contribution in [0.25, 0.3) is 0 Å². The summed E-state index contributed by atoms with van der Waals surface area (Å²) in [7, 11) is 0. The van der Waals surface area contributed by atoms with E-state index in [1.165, 1.54) is 17.0 Å². The Labute approximate surface area is 136 Å². The van der Waals surface area contributed by atoms with E-state index in [-0.39, 0.29) is 23.9 Å². The zero-order valence-electron chi connectivity index (χ0n) is 12.6. The number of carbonyl (C=O) groups is 3. The molecule has 6 nitrogen and oxygen atoms in total. The van der Waals surface area contributed by atoms with E-state index in [0.717, 1.165) is 6.07 Å². The van der Waals surface area contributed by atoms with Gasteiger partial charge in [0.2, 0.25) is 5.91 Å². The average molecular weight is 335 g/mol. The number of nitrogens with one attached hydrogen (secondary N) is 2. The predicted octanol–water partition coefficient (Wildman–Crippen LogP) is 0.879. The Morgan fingerprint density at radius 2 is 2.08 bits per heavy atom. The van der Waals surface area contributed by atoms with Gasteiger partial charge in [0.15, 0.2) is 11.6 Å². The van der Waals surface area contributed by atoms with E-state index in [0.29, 0.717) is 19.4 Å². The number of halogens is 2. The minimum atomic E-state index is -1.05. The highest BCUT2D eigenvalue weighted by Crippen LogP contribution is 2.50. The molecule has 3 fully saturated rings. The van der Waals surface area contributed by atoms with Crippen LogP contribution in [-0.2, 0) is 9.59 Å². The van der Waals surface area contributed by atoms with Crippen molar-refractivity contribution in [1.29, 1.82) is 0 Å². The number of nitrogens with zero attached hydrogens (tertiary/aromatic N) is 1. The first kappa shape index (κ1) is 15.0. The lowest BCUT2D eigenvalue weighted by Gasteiger charge is -2.21. The van der Waals surface area contributed by atoms with Gasteiger partial charge in [-0.3, -0.25) is 14.9 Å². The van der Waals surface area contributed by atoms with Crippen molar-refractivity contribution in [2.45, 2.75) is 24.3 Å². The molecule has 2 N–H and O–H groups in total. The molecule has 1 aromatic carbocycles. The van der Waals surface area contributed by atoms with Crippen LogP contribution in [-0.4, -0.2) is 41.4 Å². The second kappa shape index (κ2) is 4.99. The van der Waals surface area contributed by atoms with Crippen LogP contribution in [0.2, 0.25) is 0 Å². The van der Waals surface area contributed by atoms with Gasteiger partial charge in [-0.05, 0) is 30.4 Å². The lowest BCUT2D eigenvalue weighted by Crippen LogP contribution is -2.49. The van der Waals surface area contributed by atoms with Gasteiger partial charge >= 0.3 is 6.03 Å². The molecule has 1 saturated carbocycles. The number of hydrogen-bond donors (Lipinski definition) is 2. The largest absolute Gasteiger partial charge is 0.339 e. The highest BCUT2D eigenvalue weighted by atomic mass is 19.2. The zero-order chi connectivity index (χ0) is 17.1. The fraction of sp³-hybridized carbons (Fsp3) is 0.438. The summed E-state index contributed by atoms with van der Waals surface area (Å²) in [6.45, 7) is 0.458. The molecule has 4 rings (SSSR count). The van der Waals surface area contributed by atoms with E-state index in [4.69, 9.17) is 0 Å². The Kier molecular flexibility index (Phi) is 3.13. The summed E-state index contributed by atoms with van der Waals surface area (Å²) < 4.78 is 27.2. The first-order chi connectivity index (χ1) is 11.4. The Balaban J connectivity index is 1.46. The van der Waals surface area contributed by atoms with Crippen molar-refractivity contribution >= 4 is 17.8 Å².